The number of hydrogen-bond donors (Lipinski definition) is 1. The Hall–Kier alpha value is -3.12. The van der Waals surface area contributed by atoms with E-state index in [2.05, 4.69) is 22.0 Å². The minimum Gasteiger partial charge on any atom is -0.459 e. The van der Waals surface area contributed by atoms with E-state index in [0.29, 0.717) is 24.6 Å². The number of anilines is 2. The van der Waals surface area contributed by atoms with Crippen LogP contribution in [0.4, 0.5) is 11.5 Å². The summed E-state index contributed by atoms with van der Waals surface area (Å²) in [5.41, 5.74) is 11.6. The molecule has 1 saturated heterocycles. The predicted molar refractivity (Wildman–Crippen MR) is 127 cm³/mol. The van der Waals surface area contributed by atoms with Gasteiger partial charge >= 0.3 is 5.97 Å². The molecule has 1 aromatic heterocycles. The van der Waals surface area contributed by atoms with E-state index in [0.717, 1.165) is 72.1 Å². The lowest BCUT2D eigenvalue weighted by Crippen LogP contribution is -2.36. The van der Waals surface area contributed by atoms with E-state index in [-0.39, 0.29) is 12.1 Å². The molecule has 2 N–H and O–H groups in total. The lowest BCUT2D eigenvalue weighted by Gasteiger charge is -2.29. The third kappa shape index (κ3) is 4.02. The molecule has 3 aromatic rings. The van der Waals surface area contributed by atoms with Gasteiger partial charge in [-0.2, -0.15) is 0 Å². The van der Waals surface area contributed by atoms with Crippen LogP contribution in [-0.4, -0.2) is 43.4 Å². The number of nitrogens with zero attached hydrogens (tertiary/aromatic N) is 2. The summed E-state index contributed by atoms with van der Waals surface area (Å²) in [6.07, 6.45) is 4.21. The van der Waals surface area contributed by atoms with Crippen molar-refractivity contribution in [3.05, 3.63) is 53.6 Å². The molecule has 1 saturated carbocycles. The topological polar surface area (TPSA) is 77.7 Å². The Balaban J connectivity index is 1.54. The van der Waals surface area contributed by atoms with Crippen LogP contribution in [-0.2, 0) is 9.47 Å². The summed E-state index contributed by atoms with van der Waals surface area (Å²) in [5.74, 6) is 0.295. The van der Waals surface area contributed by atoms with Gasteiger partial charge in [0.1, 0.15) is 11.9 Å². The first-order valence-electron chi connectivity index (χ1n) is 11.4. The fraction of sp³-hybridized carbons (Fsp3) is 0.385. The molecule has 0 radical (unpaired) electrons. The number of aromatic nitrogens is 1. The number of hydrogen-bond acceptors (Lipinski definition) is 6. The lowest BCUT2D eigenvalue weighted by atomic mass is 9.94. The van der Waals surface area contributed by atoms with E-state index in [1.807, 2.05) is 37.3 Å². The number of nitrogens with two attached hydrogens (primary N) is 1. The Morgan fingerprint density at radius 1 is 1.12 bits per heavy atom. The second-order valence-corrected chi connectivity index (χ2v) is 8.71. The number of fused-ring (bicyclic) bond motifs is 1. The van der Waals surface area contributed by atoms with Crippen molar-refractivity contribution >= 4 is 28.4 Å². The summed E-state index contributed by atoms with van der Waals surface area (Å²) in [7, 11) is 0. The van der Waals surface area contributed by atoms with E-state index in [4.69, 9.17) is 15.2 Å². The summed E-state index contributed by atoms with van der Waals surface area (Å²) in [5, 5.41) is 0.997. The highest BCUT2D eigenvalue weighted by Crippen LogP contribution is 2.34. The normalized spacial score (nSPS) is 17.1. The van der Waals surface area contributed by atoms with Crippen LogP contribution in [0.1, 0.15) is 41.6 Å². The van der Waals surface area contributed by atoms with E-state index < -0.39 is 0 Å². The van der Waals surface area contributed by atoms with Crippen molar-refractivity contribution in [2.75, 3.05) is 36.9 Å². The van der Waals surface area contributed by atoms with Gasteiger partial charge in [0, 0.05) is 18.5 Å². The highest BCUT2D eigenvalue weighted by Gasteiger charge is 2.23. The van der Waals surface area contributed by atoms with Gasteiger partial charge in [-0.25, -0.2) is 9.78 Å². The molecule has 0 unspecified atom stereocenters. The fourth-order valence-corrected chi connectivity index (χ4v) is 4.84. The molecule has 0 amide bonds. The van der Waals surface area contributed by atoms with Crippen LogP contribution in [0.2, 0.25) is 0 Å². The van der Waals surface area contributed by atoms with E-state index in [1.54, 1.807) is 0 Å². The summed E-state index contributed by atoms with van der Waals surface area (Å²) in [4.78, 5) is 19.9. The van der Waals surface area contributed by atoms with Gasteiger partial charge in [-0.15, -0.1) is 0 Å². The Morgan fingerprint density at radius 2 is 1.91 bits per heavy atom. The molecule has 2 fully saturated rings. The minimum atomic E-state index is -0.236. The summed E-state index contributed by atoms with van der Waals surface area (Å²) in [6, 6.07) is 14.0. The summed E-state index contributed by atoms with van der Waals surface area (Å²) < 4.78 is 11.3. The Kier molecular flexibility index (Phi) is 5.70. The third-order valence-electron chi connectivity index (χ3n) is 6.53. The van der Waals surface area contributed by atoms with Crippen LogP contribution in [0, 0.1) is 6.92 Å². The largest absolute Gasteiger partial charge is 0.459 e. The van der Waals surface area contributed by atoms with Crippen LogP contribution in [0.25, 0.3) is 22.0 Å². The number of esters is 1. The molecule has 5 rings (SSSR count). The van der Waals surface area contributed by atoms with Crippen molar-refractivity contribution in [3.63, 3.8) is 0 Å². The van der Waals surface area contributed by atoms with Crippen molar-refractivity contribution in [1.29, 1.82) is 0 Å². The number of ether oxygens (including phenoxy) is 2. The molecule has 2 heterocycles. The van der Waals surface area contributed by atoms with Gasteiger partial charge in [-0.1, -0.05) is 18.2 Å². The van der Waals surface area contributed by atoms with Gasteiger partial charge in [0.15, 0.2) is 0 Å². The molecule has 0 bridgehead atoms. The maximum Gasteiger partial charge on any atom is 0.339 e. The van der Waals surface area contributed by atoms with E-state index >= 15 is 0 Å². The SMILES string of the molecule is Cc1cccc(C(=O)OC2CCCC2)c1-c1ccc2nc(N)c(N3CCOCC3)cc2c1. The number of pyridine rings is 1. The fourth-order valence-electron chi connectivity index (χ4n) is 4.84. The van der Waals surface area contributed by atoms with Crippen molar-refractivity contribution in [3.8, 4) is 11.1 Å². The zero-order valence-corrected chi connectivity index (χ0v) is 18.5. The predicted octanol–water partition coefficient (Wildman–Crippen LogP) is 4.73. The monoisotopic (exact) mass is 431 g/mol. The molecule has 1 aliphatic carbocycles. The van der Waals surface area contributed by atoms with Gasteiger partial charge in [0.25, 0.3) is 0 Å². The molecule has 0 atom stereocenters. The van der Waals surface area contributed by atoms with Crippen LogP contribution < -0.4 is 10.6 Å². The second-order valence-electron chi connectivity index (χ2n) is 8.71. The van der Waals surface area contributed by atoms with E-state index in [9.17, 15) is 4.79 Å². The minimum absolute atomic E-state index is 0.0377. The first kappa shape index (κ1) is 20.8. The average molecular weight is 432 g/mol. The number of carbonyl (C=O) groups excluding carboxylic acids is 1. The molecule has 1 aliphatic heterocycles. The quantitative estimate of drug-likeness (QED) is 0.602. The number of carbonyl (C=O) groups is 1. The highest BCUT2D eigenvalue weighted by atomic mass is 16.5. The maximum atomic E-state index is 13.0. The second kappa shape index (κ2) is 8.79. The first-order valence-corrected chi connectivity index (χ1v) is 11.4. The molecule has 2 aromatic carbocycles. The van der Waals surface area contributed by atoms with Gasteiger partial charge in [0.2, 0.25) is 0 Å². The molecular formula is C26H29N3O3. The summed E-state index contributed by atoms with van der Waals surface area (Å²) in [6.45, 7) is 5.00. The number of nitrogen functional groups attached to an aromatic ring is 1. The molecule has 6 nitrogen and oxygen atoms in total. The van der Waals surface area contributed by atoms with Crippen LogP contribution in [0.15, 0.2) is 42.5 Å². The van der Waals surface area contributed by atoms with Gasteiger partial charge in [-0.05, 0) is 73.6 Å². The Labute approximate surface area is 188 Å². The van der Waals surface area contributed by atoms with Crippen molar-refractivity contribution < 1.29 is 14.3 Å². The van der Waals surface area contributed by atoms with Gasteiger partial charge < -0.3 is 20.1 Å². The number of aryl methyl sites for hydroxylation is 1. The Morgan fingerprint density at radius 3 is 2.69 bits per heavy atom. The molecule has 6 heteroatoms. The average Bonchev–Trinajstić information content (AvgIpc) is 3.32. The third-order valence-corrected chi connectivity index (χ3v) is 6.53. The van der Waals surface area contributed by atoms with Crippen molar-refractivity contribution in [2.24, 2.45) is 0 Å². The summed E-state index contributed by atoms with van der Waals surface area (Å²) >= 11 is 0. The molecule has 32 heavy (non-hydrogen) atoms. The molecule has 166 valence electrons. The number of rotatable bonds is 4. The first-order chi connectivity index (χ1) is 15.6. The smallest absolute Gasteiger partial charge is 0.339 e. The van der Waals surface area contributed by atoms with Crippen LogP contribution in [0.3, 0.4) is 0 Å². The zero-order chi connectivity index (χ0) is 22.1. The standard InChI is InChI=1S/C26H29N3O3/c1-17-5-4-8-21(26(30)32-20-6-2-3-7-20)24(17)18-9-10-22-19(15-18)16-23(25(27)28-22)29-11-13-31-14-12-29/h4-5,8-10,15-16,20H,2-3,6-7,11-14H2,1H3,(H2,27,28). The van der Waals surface area contributed by atoms with Gasteiger partial charge in [-0.3, -0.25) is 0 Å². The van der Waals surface area contributed by atoms with E-state index in [1.165, 1.54) is 0 Å². The number of morpholine rings is 1. The molecule has 2 aliphatic rings. The van der Waals surface area contributed by atoms with Crippen LogP contribution in [0.5, 0.6) is 0 Å². The van der Waals surface area contributed by atoms with Crippen LogP contribution >= 0.6 is 0 Å². The van der Waals surface area contributed by atoms with Crippen molar-refractivity contribution in [2.45, 2.75) is 38.7 Å². The maximum absolute atomic E-state index is 13.0. The number of benzene rings is 2. The Bertz CT molecular complexity index is 1150. The molecular weight excluding hydrogens is 402 g/mol. The lowest BCUT2D eigenvalue weighted by molar-refractivity contribution is 0.0318. The van der Waals surface area contributed by atoms with Gasteiger partial charge in [0.05, 0.1) is 30.0 Å². The zero-order valence-electron chi connectivity index (χ0n) is 18.5. The van der Waals surface area contributed by atoms with Crippen molar-refractivity contribution in [1.82, 2.24) is 4.98 Å². The molecule has 0 spiro atoms. The highest BCUT2D eigenvalue weighted by molar-refractivity contribution is 6.00.